The van der Waals surface area contributed by atoms with Gasteiger partial charge in [-0.2, -0.15) is 0 Å². The average Bonchev–Trinajstić information content (AvgIpc) is 2.49. The maximum atomic E-state index is 12.1. The number of fused-ring (bicyclic) bond motifs is 1. The number of carbonyl (C=O) groups excluding carboxylic acids is 1. The second kappa shape index (κ2) is 6.27. The summed E-state index contributed by atoms with van der Waals surface area (Å²) >= 11 is 0. The number of amides is 1. The second-order valence-electron chi connectivity index (χ2n) is 5.88. The highest BCUT2D eigenvalue weighted by Gasteiger charge is 2.24. The minimum absolute atomic E-state index is 0.00349. The van der Waals surface area contributed by atoms with E-state index in [-0.39, 0.29) is 18.1 Å². The summed E-state index contributed by atoms with van der Waals surface area (Å²) < 4.78 is 0. The smallest absolute Gasteiger partial charge is 0.224 e. The molecule has 0 aliphatic heterocycles. The topological polar surface area (TPSA) is 49.3 Å². The van der Waals surface area contributed by atoms with E-state index >= 15 is 0 Å². The van der Waals surface area contributed by atoms with Gasteiger partial charge in [-0.25, -0.2) is 0 Å². The van der Waals surface area contributed by atoms with Crippen LogP contribution in [-0.2, 0) is 11.2 Å². The molecular formula is C18H21NO2. The molecule has 0 unspecified atom stereocenters. The van der Waals surface area contributed by atoms with E-state index in [1.807, 2.05) is 24.3 Å². The van der Waals surface area contributed by atoms with Crippen LogP contribution in [-0.4, -0.2) is 23.2 Å². The van der Waals surface area contributed by atoms with Gasteiger partial charge in [0.05, 0.1) is 18.6 Å². The van der Waals surface area contributed by atoms with Crippen LogP contribution in [0.1, 0.15) is 31.2 Å². The highest BCUT2D eigenvalue weighted by molar-refractivity contribution is 5.85. The van der Waals surface area contributed by atoms with Crippen LogP contribution in [0.2, 0.25) is 0 Å². The number of hydrogen-bond donors (Lipinski definition) is 2. The molecule has 0 heterocycles. The first kappa shape index (κ1) is 14.1. The lowest BCUT2D eigenvalue weighted by atomic mass is 9.92. The van der Waals surface area contributed by atoms with Crippen molar-refractivity contribution in [3.63, 3.8) is 0 Å². The number of aliphatic hydroxyl groups excluding tert-OH is 1. The van der Waals surface area contributed by atoms with Crippen molar-refractivity contribution in [3.05, 3.63) is 48.0 Å². The summed E-state index contributed by atoms with van der Waals surface area (Å²) in [7, 11) is 0. The van der Waals surface area contributed by atoms with Crippen molar-refractivity contribution >= 4 is 16.7 Å². The Morgan fingerprint density at radius 1 is 1.10 bits per heavy atom. The molecule has 1 aliphatic carbocycles. The fourth-order valence-electron chi connectivity index (χ4n) is 3.07. The third-order valence-corrected chi connectivity index (χ3v) is 4.25. The summed E-state index contributed by atoms with van der Waals surface area (Å²) in [6, 6.07) is 14.2. The molecule has 0 aromatic heterocycles. The van der Waals surface area contributed by atoms with Crippen LogP contribution in [0.5, 0.6) is 0 Å². The molecule has 0 bridgehead atoms. The molecule has 1 aliphatic rings. The van der Waals surface area contributed by atoms with Crippen LogP contribution >= 0.6 is 0 Å². The molecule has 0 saturated heterocycles. The summed E-state index contributed by atoms with van der Waals surface area (Å²) in [6.45, 7) is 0. The summed E-state index contributed by atoms with van der Waals surface area (Å²) in [5.41, 5.74) is 1.01. The van der Waals surface area contributed by atoms with E-state index in [1.54, 1.807) is 0 Å². The minimum atomic E-state index is -0.390. The number of aliphatic hydroxyl groups is 1. The van der Waals surface area contributed by atoms with Gasteiger partial charge in [-0.3, -0.25) is 4.79 Å². The fraction of sp³-hybridized carbons (Fsp3) is 0.389. The Morgan fingerprint density at radius 2 is 1.86 bits per heavy atom. The first-order valence-corrected chi connectivity index (χ1v) is 7.67. The van der Waals surface area contributed by atoms with Crippen LogP contribution in [0.4, 0.5) is 0 Å². The van der Waals surface area contributed by atoms with E-state index < -0.39 is 0 Å². The Bertz CT molecular complexity index is 638. The van der Waals surface area contributed by atoms with Gasteiger partial charge in [0.1, 0.15) is 0 Å². The molecule has 0 radical (unpaired) electrons. The first-order valence-electron chi connectivity index (χ1n) is 7.67. The van der Waals surface area contributed by atoms with Crippen molar-refractivity contribution < 1.29 is 9.90 Å². The van der Waals surface area contributed by atoms with Crippen molar-refractivity contribution in [2.24, 2.45) is 0 Å². The van der Waals surface area contributed by atoms with Gasteiger partial charge in [-0.15, -0.1) is 0 Å². The molecule has 110 valence electrons. The lowest BCUT2D eigenvalue weighted by Crippen LogP contribution is -2.45. The molecule has 1 saturated carbocycles. The predicted molar refractivity (Wildman–Crippen MR) is 84.1 cm³/mol. The SMILES string of the molecule is O=C(Cc1ccc2ccccc2c1)N[C@H]1CCCC[C@@H]1O. The van der Waals surface area contributed by atoms with Gasteiger partial charge in [0.25, 0.3) is 0 Å². The zero-order chi connectivity index (χ0) is 14.7. The van der Waals surface area contributed by atoms with Gasteiger partial charge in [0, 0.05) is 0 Å². The molecule has 2 aromatic rings. The second-order valence-corrected chi connectivity index (χ2v) is 5.88. The van der Waals surface area contributed by atoms with Crippen LogP contribution in [0.15, 0.2) is 42.5 Å². The normalized spacial score (nSPS) is 22.1. The number of carbonyl (C=O) groups is 1. The lowest BCUT2D eigenvalue weighted by molar-refractivity contribution is -0.122. The Morgan fingerprint density at radius 3 is 2.67 bits per heavy atom. The van der Waals surface area contributed by atoms with Crippen molar-refractivity contribution in [2.45, 2.75) is 44.2 Å². The summed E-state index contributed by atoms with van der Waals surface area (Å²) in [6.07, 6.45) is 3.79. The van der Waals surface area contributed by atoms with Crippen molar-refractivity contribution in [1.29, 1.82) is 0 Å². The minimum Gasteiger partial charge on any atom is -0.391 e. The van der Waals surface area contributed by atoms with Gasteiger partial charge in [-0.1, -0.05) is 55.3 Å². The molecule has 0 spiro atoms. The Hall–Kier alpha value is -1.87. The molecule has 3 heteroatoms. The van der Waals surface area contributed by atoms with Crippen LogP contribution in [0.25, 0.3) is 10.8 Å². The third kappa shape index (κ3) is 3.42. The van der Waals surface area contributed by atoms with Gasteiger partial charge in [0.15, 0.2) is 0 Å². The number of hydrogen-bond acceptors (Lipinski definition) is 2. The van der Waals surface area contributed by atoms with Crippen molar-refractivity contribution in [1.82, 2.24) is 5.32 Å². The highest BCUT2D eigenvalue weighted by Crippen LogP contribution is 2.19. The molecular weight excluding hydrogens is 262 g/mol. The summed E-state index contributed by atoms with van der Waals surface area (Å²) in [4.78, 5) is 12.1. The quantitative estimate of drug-likeness (QED) is 0.910. The zero-order valence-electron chi connectivity index (χ0n) is 12.1. The number of rotatable bonds is 3. The van der Waals surface area contributed by atoms with Crippen LogP contribution in [0.3, 0.4) is 0 Å². The van der Waals surface area contributed by atoms with E-state index in [4.69, 9.17) is 0 Å². The van der Waals surface area contributed by atoms with Crippen molar-refractivity contribution in [2.75, 3.05) is 0 Å². The Labute approximate surface area is 125 Å². The largest absolute Gasteiger partial charge is 0.391 e. The third-order valence-electron chi connectivity index (χ3n) is 4.25. The van der Waals surface area contributed by atoms with Crippen LogP contribution < -0.4 is 5.32 Å². The van der Waals surface area contributed by atoms with Crippen LogP contribution in [0, 0.1) is 0 Å². The summed E-state index contributed by atoms with van der Waals surface area (Å²) in [5, 5.41) is 15.2. The van der Waals surface area contributed by atoms with E-state index in [9.17, 15) is 9.90 Å². The van der Waals surface area contributed by atoms with Gasteiger partial charge < -0.3 is 10.4 Å². The highest BCUT2D eigenvalue weighted by atomic mass is 16.3. The van der Waals surface area contributed by atoms with Gasteiger partial charge in [-0.05, 0) is 29.2 Å². The Balaban J connectivity index is 1.65. The summed E-state index contributed by atoms with van der Waals surface area (Å²) in [5.74, 6) is -0.00349. The molecule has 3 rings (SSSR count). The maximum Gasteiger partial charge on any atom is 0.224 e. The number of nitrogens with one attached hydrogen (secondary N) is 1. The molecule has 3 nitrogen and oxygen atoms in total. The van der Waals surface area contributed by atoms with E-state index in [2.05, 4.69) is 23.5 Å². The number of benzene rings is 2. The molecule has 21 heavy (non-hydrogen) atoms. The van der Waals surface area contributed by atoms with E-state index in [0.717, 1.165) is 36.6 Å². The molecule has 1 amide bonds. The standard InChI is InChI=1S/C18H21NO2/c20-17-8-4-3-7-16(17)19-18(21)12-13-9-10-14-5-1-2-6-15(14)11-13/h1-2,5-6,9-11,16-17,20H,3-4,7-8,12H2,(H,19,21)/t16-,17-/m0/s1. The van der Waals surface area contributed by atoms with E-state index in [1.165, 1.54) is 5.39 Å². The molecule has 2 aromatic carbocycles. The fourth-order valence-corrected chi connectivity index (χ4v) is 3.07. The van der Waals surface area contributed by atoms with Gasteiger partial charge in [0.2, 0.25) is 5.91 Å². The maximum absolute atomic E-state index is 12.1. The van der Waals surface area contributed by atoms with Crippen molar-refractivity contribution in [3.8, 4) is 0 Å². The molecule has 1 fully saturated rings. The predicted octanol–water partition coefficient (Wildman–Crippen LogP) is 2.80. The average molecular weight is 283 g/mol. The lowest BCUT2D eigenvalue weighted by Gasteiger charge is -2.28. The first-order chi connectivity index (χ1) is 10.2. The monoisotopic (exact) mass is 283 g/mol. The van der Waals surface area contributed by atoms with E-state index in [0.29, 0.717) is 6.42 Å². The molecule has 2 N–H and O–H groups in total. The zero-order valence-corrected chi connectivity index (χ0v) is 12.1. The Kier molecular flexibility index (Phi) is 4.20. The van der Waals surface area contributed by atoms with Gasteiger partial charge >= 0.3 is 0 Å². The molecule has 2 atom stereocenters.